The van der Waals surface area contributed by atoms with E-state index < -0.39 is 0 Å². The molecule has 0 atom stereocenters. The topological polar surface area (TPSA) is 55.9 Å². The van der Waals surface area contributed by atoms with Crippen molar-refractivity contribution in [1.82, 2.24) is 10.3 Å². The lowest BCUT2D eigenvalue weighted by Crippen LogP contribution is -2.53. The van der Waals surface area contributed by atoms with Gasteiger partial charge >= 0.3 is 0 Å². The second-order valence-corrected chi connectivity index (χ2v) is 7.23. The standard InChI is InChI=1S/C22H23FN4O2/c1-16-5-4-6-17(15-16)27-21(28)10-9-19(24-27)22(29)26-13-11-25(12-14-26)20-8-3-2-7-18(20)23/h2-9,15,24H,10-14H2,1H3. The number of hydrogen-bond donors (Lipinski definition) is 1. The Balaban J connectivity index is 1.42. The first-order valence-corrected chi connectivity index (χ1v) is 9.68. The van der Waals surface area contributed by atoms with Gasteiger partial charge in [-0.15, -0.1) is 0 Å². The number of aryl methyl sites for hydroxylation is 1. The summed E-state index contributed by atoms with van der Waals surface area (Å²) in [6.07, 6.45) is 1.80. The van der Waals surface area contributed by atoms with E-state index in [2.05, 4.69) is 5.43 Å². The minimum Gasteiger partial charge on any atom is -0.366 e. The van der Waals surface area contributed by atoms with Crippen molar-refractivity contribution in [2.75, 3.05) is 36.1 Å². The van der Waals surface area contributed by atoms with E-state index in [-0.39, 0.29) is 24.1 Å². The molecule has 0 unspecified atom stereocenters. The second kappa shape index (κ2) is 7.95. The first-order valence-electron chi connectivity index (χ1n) is 9.68. The highest BCUT2D eigenvalue weighted by atomic mass is 19.1. The molecule has 0 bridgehead atoms. The van der Waals surface area contributed by atoms with E-state index in [1.807, 2.05) is 42.2 Å². The maximum atomic E-state index is 14.0. The van der Waals surface area contributed by atoms with E-state index in [4.69, 9.17) is 0 Å². The molecule has 2 aliphatic rings. The minimum atomic E-state index is -0.253. The lowest BCUT2D eigenvalue weighted by Gasteiger charge is -2.37. The van der Waals surface area contributed by atoms with Gasteiger partial charge in [0.25, 0.3) is 5.91 Å². The zero-order valence-corrected chi connectivity index (χ0v) is 16.3. The number of rotatable bonds is 3. The summed E-state index contributed by atoms with van der Waals surface area (Å²) in [5, 5.41) is 1.43. The molecule has 1 fully saturated rings. The molecule has 1 N–H and O–H groups in total. The average Bonchev–Trinajstić information content (AvgIpc) is 2.74. The van der Waals surface area contributed by atoms with Crippen LogP contribution in [0.1, 0.15) is 12.0 Å². The van der Waals surface area contributed by atoms with Crippen LogP contribution in [0.25, 0.3) is 0 Å². The van der Waals surface area contributed by atoms with Crippen LogP contribution in [-0.2, 0) is 9.59 Å². The van der Waals surface area contributed by atoms with Crippen molar-refractivity contribution in [3.05, 3.63) is 71.7 Å². The Morgan fingerprint density at radius 3 is 2.52 bits per heavy atom. The van der Waals surface area contributed by atoms with E-state index in [1.165, 1.54) is 11.1 Å². The lowest BCUT2D eigenvalue weighted by molar-refractivity contribution is -0.128. The molecule has 0 spiro atoms. The second-order valence-electron chi connectivity index (χ2n) is 7.23. The SMILES string of the molecule is Cc1cccc(N2NC(C(=O)N3CCN(c4ccccc4F)CC3)=CCC2=O)c1. The van der Waals surface area contributed by atoms with E-state index in [0.29, 0.717) is 43.3 Å². The molecule has 2 amide bonds. The van der Waals surface area contributed by atoms with Crippen LogP contribution in [-0.4, -0.2) is 42.9 Å². The number of para-hydroxylation sites is 1. The third-order valence-corrected chi connectivity index (χ3v) is 5.21. The average molecular weight is 394 g/mol. The van der Waals surface area contributed by atoms with Crippen molar-refractivity contribution in [2.45, 2.75) is 13.3 Å². The van der Waals surface area contributed by atoms with Gasteiger partial charge in [-0.25, -0.2) is 9.40 Å². The number of halogens is 1. The van der Waals surface area contributed by atoms with E-state index in [9.17, 15) is 14.0 Å². The molecule has 0 aromatic heterocycles. The lowest BCUT2D eigenvalue weighted by atomic mass is 10.1. The molecule has 7 heteroatoms. The minimum absolute atomic E-state index is 0.114. The molecular formula is C22H23FN4O2. The Labute approximate surface area is 169 Å². The summed E-state index contributed by atoms with van der Waals surface area (Å²) < 4.78 is 14.0. The van der Waals surface area contributed by atoms with Crippen LogP contribution in [0.15, 0.2) is 60.3 Å². The van der Waals surface area contributed by atoms with E-state index in [1.54, 1.807) is 23.1 Å². The molecule has 0 radical (unpaired) electrons. The van der Waals surface area contributed by atoms with Gasteiger partial charge in [0.15, 0.2) is 0 Å². The molecule has 150 valence electrons. The fraction of sp³-hybridized carbons (Fsp3) is 0.273. The third kappa shape index (κ3) is 3.94. The van der Waals surface area contributed by atoms with Crippen molar-refractivity contribution >= 4 is 23.2 Å². The van der Waals surface area contributed by atoms with Crippen LogP contribution in [0.4, 0.5) is 15.8 Å². The first-order chi connectivity index (χ1) is 14.0. The predicted octanol–water partition coefficient (Wildman–Crippen LogP) is 2.61. The van der Waals surface area contributed by atoms with Gasteiger partial charge < -0.3 is 9.80 Å². The Morgan fingerprint density at radius 2 is 1.79 bits per heavy atom. The number of hydrogen-bond acceptors (Lipinski definition) is 4. The highest BCUT2D eigenvalue weighted by Gasteiger charge is 2.29. The smallest absolute Gasteiger partial charge is 0.271 e. The van der Waals surface area contributed by atoms with E-state index >= 15 is 0 Å². The normalized spacial score (nSPS) is 17.1. The maximum absolute atomic E-state index is 14.0. The fourth-order valence-corrected chi connectivity index (χ4v) is 3.65. The van der Waals surface area contributed by atoms with Crippen LogP contribution in [0, 0.1) is 12.7 Å². The number of nitrogens with one attached hydrogen (secondary N) is 1. The van der Waals surface area contributed by atoms with Crippen molar-refractivity contribution in [3.8, 4) is 0 Å². The number of carbonyl (C=O) groups excluding carboxylic acids is 2. The van der Waals surface area contributed by atoms with Crippen LogP contribution in [0.5, 0.6) is 0 Å². The zero-order chi connectivity index (χ0) is 20.4. The zero-order valence-electron chi connectivity index (χ0n) is 16.3. The van der Waals surface area contributed by atoms with Crippen LogP contribution < -0.4 is 15.3 Å². The van der Waals surface area contributed by atoms with Gasteiger partial charge in [0, 0.05) is 32.6 Å². The molecule has 0 aliphatic carbocycles. The van der Waals surface area contributed by atoms with Gasteiger partial charge in [0.05, 0.1) is 11.4 Å². The summed E-state index contributed by atoms with van der Waals surface area (Å²) in [5.41, 5.74) is 5.67. The van der Waals surface area contributed by atoms with Crippen LogP contribution in [0.2, 0.25) is 0 Å². The van der Waals surface area contributed by atoms with Crippen LogP contribution >= 0.6 is 0 Å². The number of anilines is 2. The summed E-state index contributed by atoms with van der Waals surface area (Å²) in [6, 6.07) is 14.2. The van der Waals surface area contributed by atoms with Gasteiger partial charge in [0.1, 0.15) is 11.5 Å². The predicted molar refractivity (Wildman–Crippen MR) is 110 cm³/mol. The summed E-state index contributed by atoms with van der Waals surface area (Å²) in [4.78, 5) is 29.0. The molecule has 1 saturated heterocycles. The van der Waals surface area contributed by atoms with Gasteiger partial charge in [0.2, 0.25) is 5.91 Å². The number of amides is 2. The van der Waals surface area contributed by atoms with Gasteiger partial charge in [-0.05, 0) is 42.8 Å². The quantitative estimate of drug-likeness (QED) is 0.870. The first kappa shape index (κ1) is 19.0. The Hall–Kier alpha value is -3.35. The Morgan fingerprint density at radius 1 is 1.03 bits per heavy atom. The summed E-state index contributed by atoms with van der Waals surface area (Å²) in [5.74, 6) is -0.518. The molecular weight excluding hydrogens is 371 g/mol. The van der Waals surface area contributed by atoms with E-state index in [0.717, 1.165) is 5.56 Å². The summed E-state index contributed by atoms with van der Waals surface area (Å²) in [6.45, 7) is 4.05. The van der Waals surface area contributed by atoms with Crippen molar-refractivity contribution in [2.24, 2.45) is 0 Å². The molecule has 4 rings (SSSR count). The molecule has 2 aromatic carbocycles. The molecule has 0 saturated carbocycles. The number of hydrazine groups is 1. The Bertz CT molecular complexity index is 967. The Kier molecular flexibility index (Phi) is 5.20. The molecule has 2 aliphatic heterocycles. The van der Waals surface area contributed by atoms with Gasteiger partial charge in [-0.2, -0.15) is 0 Å². The fourth-order valence-electron chi connectivity index (χ4n) is 3.65. The van der Waals surface area contributed by atoms with Crippen molar-refractivity contribution < 1.29 is 14.0 Å². The third-order valence-electron chi connectivity index (χ3n) is 5.21. The summed E-state index contributed by atoms with van der Waals surface area (Å²) >= 11 is 0. The highest BCUT2D eigenvalue weighted by molar-refractivity contribution is 6.01. The largest absolute Gasteiger partial charge is 0.366 e. The monoisotopic (exact) mass is 394 g/mol. The molecule has 2 aromatic rings. The number of piperazine rings is 1. The number of nitrogens with zero attached hydrogens (tertiary/aromatic N) is 3. The maximum Gasteiger partial charge on any atom is 0.271 e. The highest BCUT2D eigenvalue weighted by Crippen LogP contribution is 2.22. The van der Waals surface area contributed by atoms with Gasteiger partial charge in [-0.1, -0.05) is 24.3 Å². The van der Waals surface area contributed by atoms with Crippen molar-refractivity contribution in [3.63, 3.8) is 0 Å². The van der Waals surface area contributed by atoms with Gasteiger partial charge in [-0.3, -0.25) is 15.0 Å². The molecule has 29 heavy (non-hydrogen) atoms. The summed E-state index contributed by atoms with van der Waals surface area (Å²) in [7, 11) is 0. The molecule has 6 nitrogen and oxygen atoms in total. The molecule has 2 heterocycles. The van der Waals surface area contributed by atoms with Crippen molar-refractivity contribution in [1.29, 1.82) is 0 Å². The van der Waals surface area contributed by atoms with Crippen LogP contribution in [0.3, 0.4) is 0 Å². The number of benzene rings is 2. The number of carbonyl (C=O) groups is 2.